The van der Waals surface area contributed by atoms with Crippen LogP contribution in [-0.2, 0) is 0 Å². The number of fused-ring (bicyclic) bond motifs is 1. The Hall–Kier alpha value is -2.93. The maximum absolute atomic E-state index is 10.7. The molecule has 0 spiro atoms. The fraction of sp³-hybridized carbons (Fsp3) is 0. The molecule has 0 aliphatic heterocycles. The first-order valence-electron chi connectivity index (χ1n) is 5.73. The average molecular weight is 247 g/mol. The van der Waals surface area contributed by atoms with E-state index in [1.807, 2.05) is 18.3 Å². The number of hydrogen-bond donors (Lipinski definition) is 0. The molecule has 0 aliphatic rings. The highest BCUT2D eigenvalue weighted by atomic mass is 16.1. The van der Waals surface area contributed by atoms with Gasteiger partial charge in [0.25, 0.3) is 0 Å². The number of benzene rings is 1. The van der Waals surface area contributed by atoms with Gasteiger partial charge in [-0.1, -0.05) is 18.1 Å². The van der Waals surface area contributed by atoms with Gasteiger partial charge in [0.15, 0.2) is 5.65 Å². The standard InChI is InChI=1S/C15H9N3O/c19-11-13-3-1-2-12(10-13)4-5-14-7-9-18-15(17-14)6-8-16-18/h1-3,6-11H. The quantitative estimate of drug-likeness (QED) is 0.487. The summed E-state index contributed by atoms with van der Waals surface area (Å²) in [5.41, 5.74) is 2.84. The van der Waals surface area contributed by atoms with Gasteiger partial charge >= 0.3 is 0 Å². The molecule has 0 N–H and O–H groups in total. The fourth-order valence-corrected chi connectivity index (χ4v) is 1.71. The number of carbonyl (C=O) groups is 1. The molecule has 0 bridgehead atoms. The molecule has 0 saturated heterocycles. The van der Waals surface area contributed by atoms with Gasteiger partial charge in [-0.05, 0) is 24.1 Å². The average Bonchev–Trinajstić information content (AvgIpc) is 2.93. The normalized spacial score (nSPS) is 9.89. The van der Waals surface area contributed by atoms with Gasteiger partial charge in [-0.3, -0.25) is 4.79 Å². The van der Waals surface area contributed by atoms with Crippen molar-refractivity contribution >= 4 is 11.9 Å². The summed E-state index contributed by atoms with van der Waals surface area (Å²) in [7, 11) is 0. The first kappa shape index (κ1) is 11.2. The summed E-state index contributed by atoms with van der Waals surface area (Å²) in [6.45, 7) is 0. The summed E-state index contributed by atoms with van der Waals surface area (Å²) in [5.74, 6) is 5.97. The van der Waals surface area contributed by atoms with Gasteiger partial charge in [0, 0.05) is 23.4 Å². The second-order valence-corrected chi connectivity index (χ2v) is 3.94. The number of hydrogen-bond acceptors (Lipinski definition) is 3. The molecule has 0 aliphatic carbocycles. The molecule has 0 atom stereocenters. The van der Waals surface area contributed by atoms with E-state index in [-0.39, 0.29) is 0 Å². The van der Waals surface area contributed by atoms with Crippen LogP contribution in [-0.4, -0.2) is 20.9 Å². The highest BCUT2D eigenvalue weighted by Gasteiger charge is 1.95. The minimum Gasteiger partial charge on any atom is -0.298 e. The molecule has 0 amide bonds. The van der Waals surface area contributed by atoms with Gasteiger partial charge < -0.3 is 0 Å². The Morgan fingerprint density at radius 3 is 3.00 bits per heavy atom. The van der Waals surface area contributed by atoms with E-state index >= 15 is 0 Å². The lowest BCUT2D eigenvalue weighted by Crippen LogP contribution is -1.91. The van der Waals surface area contributed by atoms with E-state index in [1.165, 1.54) is 0 Å². The van der Waals surface area contributed by atoms with Crippen molar-refractivity contribution in [2.75, 3.05) is 0 Å². The summed E-state index contributed by atoms with van der Waals surface area (Å²) in [6.07, 6.45) is 4.31. The Labute approximate surface area is 109 Å². The SMILES string of the molecule is O=Cc1cccc(C#Cc2ccn3nccc3n2)c1. The molecule has 3 rings (SSSR count). The number of nitrogens with zero attached hydrogens (tertiary/aromatic N) is 3. The Morgan fingerprint density at radius 1 is 1.16 bits per heavy atom. The van der Waals surface area contributed by atoms with Crippen LogP contribution in [0.1, 0.15) is 21.6 Å². The molecule has 19 heavy (non-hydrogen) atoms. The highest BCUT2D eigenvalue weighted by Crippen LogP contribution is 2.03. The molecule has 2 aromatic heterocycles. The molecule has 0 radical (unpaired) electrons. The Morgan fingerprint density at radius 2 is 2.11 bits per heavy atom. The van der Waals surface area contributed by atoms with Crippen molar-refractivity contribution in [2.24, 2.45) is 0 Å². The lowest BCUT2D eigenvalue weighted by molar-refractivity contribution is 0.112. The maximum atomic E-state index is 10.7. The minimum absolute atomic E-state index is 0.617. The molecule has 4 heteroatoms. The van der Waals surface area contributed by atoms with Crippen LogP contribution in [0.25, 0.3) is 5.65 Å². The van der Waals surface area contributed by atoms with Gasteiger partial charge in [-0.25, -0.2) is 9.50 Å². The largest absolute Gasteiger partial charge is 0.298 e. The first-order chi connectivity index (χ1) is 9.35. The molecule has 2 heterocycles. The third kappa shape index (κ3) is 2.35. The number of carbonyl (C=O) groups excluding carboxylic acids is 1. The fourth-order valence-electron chi connectivity index (χ4n) is 1.71. The summed E-state index contributed by atoms with van der Waals surface area (Å²) in [6, 6.07) is 10.8. The van der Waals surface area contributed by atoms with Gasteiger partial charge in [0.2, 0.25) is 0 Å². The monoisotopic (exact) mass is 247 g/mol. The summed E-state index contributed by atoms with van der Waals surface area (Å²) < 4.78 is 1.68. The smallest absolute Gasteiger partial charge is 0.156 e. The molecule has 1 aromatic carbocycles. The van der Waals surface area contributed by atoms with Crippen LogP contribution in [0.3, 0.4) is 0 Å². The van der Waals surface area contributed by atoms with E-state index in [4.69, 9.17) is 0 Å². The summed E-state index contributed by atoms with van der Waals surface area (Å²) >= 11 is 0. The second-order valence-electron chi connectivity index (χ2n) is 3.94. The topological polar surface area (TPSA) is 47.3 Å². The molecule has 0 unspecified atom stereocenters. The van der Waals surface area contributed by atoms with Gasteiger partial charge in [-0.2, -0.15) is 5.10 Å². The lowest BCUT2D eigenvalue weighted by Gasteiger charge is -1.93. The van der Waals surface area contributed by atoms with Crippen molar-refractivity contribution in [3.05, 3.63) is 65.6 Å². The van der Waals surface area contributed by atoms with Gasteiger partial charge in [-0.15, -0.1) is 0 Å². The lowest BCUT2D eigenvalue weighted by atomic mass is 10.1. The first-order valence-corrected chi connectivity index (χ1v) is 5.73. The van der Waals surface area contributed by atoms with Crippen molar-refractivity contribution in [1.82, 2.24) is 14.6 Å². The van der Waals surface area contributed by atoms with Crippen LogP contribution in [0.4, 0.5) is 0 Å². The summed E-state index contributed by atoms with van der Waals surface area (Å²) in [4.78, 5) is 15.0. The van der Waals surface area contributed by atoms with Crippen molar-refractivity contribution in [3.63, 3.8) is 0 Å². The molecule has 4 nitrogen and oxygen atoms in total. The van der Waals surface area contributed by atoms with Gasteiger partial charge in [0.1, 0.15) is 12.0 Å². The van der Waals surface area contributed by atoms with Crippen molar-refractivity contribution < 1.29 is 4.79 Å². The maximum Gasteiger partial charge on any atom is 0.156 e. The Balaban J connectivity index is 1.95. The van der Waals surface area contributed by atoms with Crippen LogP contribution in [0.5, 0.6) is 0 Å². The van der Waals surface area contributed by atoms with Crippen molar-refractivity contribution in [2.45, 2.75) is 0 Å². The number of aldehydes is 1. The molecule has 0 fully saturated rings. The third-order valence-corrected chi connectivity index (χ3v) is 2.62. The molecule has 90 valence electrons. The predicted octanol–water partition coefficient (Wildman–Crippen LogP) is 1.94. The van der Waals surface area contributed by atoms with E-state index in [1.54, 1.807) is 35.0 Å². The van der Waals surface area contributed by atoms with E-state index in [0.717, 1.165) is 17.5 Å². The van der Waals surface area contributed by atoms with Crippen LogP contribution in [0.2, 0.25) is 0 Å². The molecule has 0 saturated carbocycles. The third-order valence-electron chi connectivity index (χ3n) is 2.62. The van der Waals surface area contributed by atoms with Crippen LogP contribution < -0.4 is 0 Å². The van der Waals surface area contributed by atoms with E-state index < -0.39 is 0 Å². The van der Waals surface area contributed by atoms with Gasteiger partial charge in [0.05, 0.1) is 6.20 Å². The van der Waals surface area contributed by atoms with Crippen LogP contribution in [0.15, 0.2) is 48.8 Å². The second kappa shape index (κ2) is 4.75. The zero-order chi connectivity index (χ0) is 13.1. The van der Waals surface area contributed by atoms with Crippen LogP contribution in [0, 0.1) is 11.8 Å². The predicted molar refractivity (Wildman–Crippen MR) is 70.8 cm³/mol. The number of rotatable bonds is 1. The summed E-state index contributed by atoms with van der Waals surface area (Å²) in [5, 5.41) is 4.07. The van der Waals surface area contributed by atoms with E-state index in [0.29, 0.717) is 11.3 Å². The zero-order valence-electron chi connectivity index (χ0n) is 9.95. The zero-order valence-corrected chi connectivity index (χ0v) is 9.95. The van der Waals surface area contributed by atoms with Crippen molar-refractivity contribution in [1.29, 1.82) is 0 Å². The van der Waals surface area contributed by atoms with E-state index in [9.17, 15) is 4.79 Å². The molecular weight excluding hydrogens is 238 g/mol. The minimum atomic E-state index is 0.617. The molecule has 3 aromatic rings. The molecular formula is C15H9N3O. The highest BCUT2D eigenvalue weighted by molar-refractivity contribution is 5.75. The van der Waals surface area contributed by atoms with Crippen molar-refractivity contribution in [3.8, 4) is 11.8 Å². The Bertz CT molecular complexity index is 809. The number of aromatic nitrogens is 3. The van der Waals surface area contributed by atoms with Crippen LogP contribution >= 0.6 is 0 Å². The Kier molecular flexibility index (Phi) is 2.79. The van der Waals surface area contributed by atoms with E-state index in [2.05, 4.69) is 21.9 Å².